The molecule has 0 aliphatic heterocycles. The van der Waals surface area contributed by atoms with Crippen molar-refractivity contribution in [2.24, 2.45) is 17.8 Å². The van der Waals surface area contributed by atoms with Crippen molar-refractivity contribution >= 4 is 16.8 Å². The molecule has 0 bridgehead atoms. The van der Waals surface area contributed by atoms with E-state index in [-0.39, 0.29) is 18.1 Å². The summed E-state index contributed by atoms with van der Waals surface area (Å²) in [5.74, 6) is 2.39. The number of rotatable bonds is 5. The second-order valence-electron chi connectivity index (χ2n) is 8.29. The summed E-state index contributed by atoms with van der Waals surface area (Å²) < 4.78 is 6.27. The van der Waals surface area contributed by atoms with Crippen molar-refractivity contribution < 1.29 is 9.53 Å². The van der Waals surface area contributed by atoms with Crippen LogP contribution < -0.4 is 10.1 Å². The molecule has 150 valence electrons. The van der Waals surface area contributed by atoms with Crippen LogP contribution in [0, 0.1) is 29.1 Å². The minimum atomic E-state index is -0.0842. The van der Waals surface area contributed by atoms with Crippen molar-refractivity contribution in [2.75, 3.05) is 0 Å². The van der Waals surface area contributed by atoms with E-state index in [1.807, 2.05) is 24.3 Å². The Balaban J connectivity index is 1.17. The van der Waals surface area contributed by atoms with Gasteiger partial charge in [-0.15, -0.1) is 0 Å². The first-order valence-corrected chi connectivity index (χ1v) is 10.3. The average Bonchev–Trinajstić information content (AvgIpc) is 3.29. The lowest BCUT2D eigenvalue weighted by Crippen LogP contribution is -2.36. The number of nitrogens with zero attached hydrogens (tertiary/aromatic N) is 3. The number of carbonyl (C=O) groups excluding carboxylic acids is 1. The second-order valence-corrected chi connectivity index (χ2v) is 8.29. The number of hydrogen-bond acceptors (Lipinski definition) is 5. The summed E-state index contributed by atoms with van der Waals surface area (Å²) in [5, 5.41) is 21.2. The highest BCUT2D eigenvalue weighted by Crippen LogP contribution is 2.59. The molecule has 0 radical (unpaired) electrons. The maximum absolute atomic E-state index is 12.5. The standard InChI is InChI=1S/C24H22N4O2/c1-14(27-24(29)16-8-6-15(12-25)7-9-16)23-19-10-17(11-20(19)23)30-22-13-26-28-21-5-3-2-4-18(21)22/h2-9,13-14,17,19-20,23H,10-11H2,1H3,(H,27,29)/t14?,17-,19-,20+,23+. The highest BCUT2D eigenvalue weighted by Gasteiger charge is 2.58. The molecule has 1 N–H and O–H groups in total. The molecule has 3 aromatic rings. The number of benzene rings is 2. The highest BCUT2D eigenvalue weighted by atomic mass is 16.5. The Morgan fingerprint density at radius 3 is 2.63 bits per heavy atom. The van der Waals surface area contributed by atoms with Gasteiger partial charge in [-0.1, -0.05) is 12.1 Å². The molecule has 2 aliphatic rings. The SMILES string of the molecule is CC(NC(=O)c1ccc(C#N)cc1)[C@H]1[C@@H]2C[C@@H](Oc3cnnc4ccccc34)C[C@@H]21. The number of nitriles is 1. The van der Waals surface area contributed by atoms with Crippen molar-refractivity contribution in [1.29, 1.82) is 5.26 Å². The van der Waals surface area contributed by atoms with E-state index >= 15 is 0 Å². The van der Waals surface area contributed by atoms with E-state index in [2.05, 4.69) is 28.5 Å². The minimum Gasteiger partial charge on any atom is -0.488 e. The summed E-state index contributed by atoms with van der Waals surface area (Å²) in [6.07, 6.45) is 3.89. The van der Waals surface area contributed by atoms with Crippen LogP contribution in [-0.2, 0) is 0 Å². The third-order valence-electron chi connectivity index (χ3n) is 6.48. The third kappa shape index (κ3) is 3.37. The highest BCUT2D eigenvalue weighted by molar-refractivity contribution is 5.94. The molecule has 2 saturated carbocycles. The predicted octanol–water partition coefficient (Wildman–Crippen LogP) is 3.72. The van der Waals surface area contributed by atoms with Crippen LogP contribution in [0.1, 0.15) is 35.7 Å². The number of ether oxygens (including phenoxy) is 1. The van der Waals surface area contributed by atoms with E-state index in [1.54, 1.807) is 30.5 Å². The number of amides is 1. The van der Waals surface area contributed by atoms with Crippen molar-refractivity contribution in [2.45, 2.75) is 31.9 Å². The lowest BCUT2D eigenvalue weighted by molar-refractivity contribution is 0.0930. The first-order valence-electron chi connectivity index (χ1n) is 10.3. The van der Waals surface area contributed by atoms with Crippen LogP contribution >= 0.6 is 0 Å². The zero-order chi connectivity index (χ0) is 20.7. The lowest BCUT2D eigenvalue weighted by Gasteiger charge is -2.21. The van der Waals surface area contributed by atoms with E-state index in [9.17, 15) is 4.79 Å². The quantitative estimate of drug-likeness (QED) is 0.708. The molecule has 30 heavy (non-hydrogen) atoms. The molecular weight excluding hydrogens is 376 g/mol. The van der Waals surface area contributed by atoms with Crippen molar-refractivity contribution in [1.82, 2.24) is 15.5 Å². The fourth-order valence-corrected chi connectivity index (χ4v) is 5.02. The topological polar surface area (TPSA) is 87.9 Å². The first-order chi connectivity index (χ1) is 14.6. The smallest absolute Gasteiger partial charge is 0.251 e. The molecule has 1 heterocycles. The van der Waals surface area contributed by atoms with Gasteiger partial charge in [0, 0.05) is 17.0 Å². The molecule has 2 aromatic carbocycles. The number of hydrogen-bond donors (Lipinski definition) is 1. The van der Waals surface area contributed by atoms with Gasteiger partial charge in [0.2, 0.25) is 0 Å². The Bertz CT molecular complexity index is 1120. The summed E-state index contributed by atoms with van der Waals surface area (Å²) >= 11 is 0. The third-order valence-corrected chi connectivity index (χ3v) is 6.48. The van der Waals surface area contributed by atoms with E-state index in [4.69, 9.17) is 10.00 Å². The van der Waals surface area contributed by atoms with Gasteiger partial charge in [-0.25, -0.2) is 0 Å². The Labute approximate surface area is 174 Å². The maximum atomic E-state index is 12.5. The minimum absolute atomic E-state index is 0.0842. The molecule has 0 saturated heterocycles. The summed E-state index contributed by atoms with van der Waals surface area (Å²) in [4.78, 5) is 12.5. The van der Waals surface area contributed by atoms with Crippen molar-refractivity contribution in [3.63, 3.8) is 0 Å². The van der Waals surface area contributed by atoms with Crippen LogP contribution in [0.4, 0.5) is 0 Å². The Morgan fingerprint density at radius 1 is 1.17 bits per heavy atom. The van der Waals surface area contributed by atoms with Crippen LogP contribution in [0.2, 0.25) is 0 Å². The van der Waals surface area contributed by atoms with Crippen LogP contribution in [0.3, 0.4) is 0 Å². The monoisotopic (exact) mass is 398 g/mol. The fraction of sp³-hybridized carbons (Fsp3) is 0.333. The average molecular weight is 398 g/mol. The normalized spacial score (nSPS) is 25.2. The van der Waals surface area contributed by atoms with Gasteiger partial charge < -0.3 is 10.1 Å². The second kappa shape index (κ2) is 7.42. The molecular formula is C24H22N4O2. The Hall–Kier alpha value is -3.46. The molecule has 5 atom stereocenters. The lowest BCUT2D eigenvalue weighted by atomic mass is 10.0. The molecule has 6 heteroatoms. The van der Waals surface area contributed by atoms with Gasteiger partial charge in [0.1, 0.15) is 5.75 Å². The van der Waals surface area contributed by atoms with Gasteiger partial charge >= 0.3 is 0 Å². The van der Waals surface area contributed by atoms with Gasteiger partial charge in [-0.3, -0.25) is 4.79 Å². The van der Waals surface area contributed by atoms with E-state index in [1.165, 1.54) is 0 Å². The summed E-state index contributed by atoms with van der Waals surface area (Å²) in [6, 6.07) is 16.8. The Morgan fingerprint density at radius 2 is 1.90 bits per heavy atom. The zero-order valence-corrected chi connectivity index (χ0v) is 16.7. The zero-order valence-electron chi connectivity index (χ0n) is 16.7. The number of carbonyl (C=O) groups is 1. The van der Waals surface area contributed by atoms with Gasteiger partial charge in [0.05, 0.1) is 29.5 Å². The molecule has 2 aliphatic carbocycles. The van der Waals surface area contributed by atoms with Crippen LogP contribution in [0.15, 0.2) is 54.7 Å². The fourth-order valence-electron chi connectivity index (χ4n) is 5.02. The molecule has 6 nitrogen and oxygen atoms in total. The molecule has 1 aromatic heterocycles. The Kier molecular flexibility index (Phi) is 4.59. The summed E-state index contributed by atoms with van der Waals surface area (Å²) in [7, 11) is 0. The van der Waals surface area contributed by atoms with Gasteiger partial charge in [-0.05, 0) is 73.9 Å². The van der Waals surface area contributed by atoms with Crippen LogP contribution in [-0.4, -0.2) is 28.3 Å². The van der Waals surface area contributed by atoms with Gasteiger partial charge in [-0.2, -0.15) is 15.5 Å². The molecule has 0 spiro atoms. The maximum Gasteiger partial charge on any atom is 0.251 e. The summed E-state index contributed by atoms with van der Waals surface area (Å²) in [6.45, 7) is 2.08. The van der Waals surface area contributed by atoms with Crippen LogP contribution in [0.5, 0.6) is 5.75 Å². The van der Waals surface area contributed by atoms with Crippen molar-refractivity contribution in [3.05, 3.63) is 65.9 Å². The predicted molar refractivity (Wildman–Crippen MR) is 112 cm³/mol. The molecule has 1 unspecified atom stereocenters. The first kappa shape index (κ1) is 18.6. The van der Waals surface area contributed by atoms with E-state index < -0.39 is 0 Å². The van der Waals surface area contributed by atoms with E-state index in [0.29, 0.717) is 28.9 Å². The van der Waals surface area contributed by atoms with Crippen molar-refractivity contribution in [3.8, 4) is 11.8 Å². The number of nitrogens with one attached hydrogen (secondary N) is 1. The van der Waals surface area contributed by atoms with Gasteiger partial charge in [0.25, 0.3) is 5.91 Å². The molecule has 1 amide bonds. The van der Waals surface area contributed by atoms with E-state index in [0.717, 1.165) is 29.5 Å². The molecule has 2 fully saturated rings. The summed E-state index contributed by atoms with van der Waals surface area (Å²) in [5.41, 5.74) is 1.99. The largest absolute Gasteiger partial charge is 0.488 e. The van der Waals surface area contributed by atoms with Gasteiger partial charge in [0.15, 0.2) is 0 Å². The molecule has 5 rings (SSSR count). The number of aromatic nitrogens is 2. The number of fused-ring (bicyclic) bond motifs is 2. The van der Waals surface area contributed by atoms with Crippen LogP contribution in [0.25, 0.3) is 10.9 Å².